The fourth-order valence-electron chi connectivity index (χ4n) is 3.09. The smallest absolute Gasteiger partial charge is 0.0348 e. The Morgan fingerprint density at radius 1 is 0.455 bits per heavy atom. The maximum atomic E-state index is 5.37. The first-order valence-electron chi connectivity index (χ1n) is 10.2. The molecule has 0 saturated heterocycles. The van der Waals surface area contributed by atoms with E-state index in [1.165, 1.54) is 109 Å². The summed E-state index contributed by atoms with van der Waals surface area (Å²) in [5, 5.41) is 0. The molecule has 0 aromatic rings. The SMILES string of the molecule is [CH]=CCCCCCCCCCCCCCCCCCCC[CH2]. The van der Waals surface area contributed by atoms with E-state index in [2.05, 4.69) is 6.92 Å². The zero-order valence-corrected chi connectivity index (χ0v) is 15.3. The van der Waals surface area contributed by atoms with Gasteiger partial charge in [-0.2, -0.15) is 0 Å². The summed E-state index contributed by atoms with van der Waals surface area (Å²) in [4.78, 5) is 0. The predicted octanol–water partition coefficient (Wildman–Crippen LogP) is 8.22. The zero-order valence-electron chi connectivity index (χ0n) is 15.3. The molecule has 0 bridgehead atoms. The van der Waals surface area contributed by atoms with Crippen LogP contribution in [0.5, 0.6) is 0 Å². The lowest BCUT2D eigenvalue weighted by Gasteiger charge is -2.03. The van der Waals surface area contributed by atoms with Crippen LogP contribution >= 0.6 is 0 Å². The second-order valence-corrected chi connectivity index (χ2v) is 6.89. The minimum atomic E-state index is 1.09. The van der Waals surface area contributed by atoms with Crippen molar-refractivity contribution in [1.29, 1.82) is 0 Å². The standard InChI is InChI=1S/C22H42/c1-3-5-7-9-11-13-15-17-19-21-22-20-18-16-14-12-10-8-6-4-2/h1,3H,2,4-22H2. The minimum Gasteiger partial charge on any atom is -0.0845 e. The van der Waals surface area contributed by atoms with Gasteiger partial charge in [-0.05, 0) is 12.8 Å². The summed E-state index contributed by atoms with van der Waals surface area (Å²) in [6, 6.07) is 0. The van der Waals surface area contributed by atoms with Crippen LogP contribution in [-0.2, 0) is 0 Å². The van der Waals surface area contributed by atoms with Gasteiger partial charge in [-0.25, -0.2) is 0 Å². The quantitative estimate of drug-likeness (QED) is 0.211. The maximum Gasteiger partial charge on any atom is -0.0348 e. The van der Waals surface area contributed by atoms with Crippen molar-refractivity contribution in [2.75, 3.05) is 0 Å². The molecule has 0 aliphatic heterocycles. The summed E-state index contributed by atoms with van der Waals surface area (Å²) in [6.07, 6.45) is 28.2. The van der Waals surface area contributed by atoms with Crippen LogP contribution in [0, 0.1) is 13.5 Å². The zero-order chi connectivity index (χ0) is 16.1. The lowest BCUT2D eigenvalue weighted by atomic mass is 10.0. The Morgan fingerprint density at radius 2 is 0.727 bits per heavy atom. The van der Waals surface area contributed by atoms with Crippen molar-refractivity contribution < 1.29 is 0 Å². The van der Waals surface area contributed by atoms with Crippen molar-refractivity contribution >= 4 is 0 Å². The molecule has 0 aliphatic carbocycles. The van der Waals surface area contributed by atoms with E-state index in [-0.39, 0.29) is 0 Å². The fraction of sp³-hybridized carbons (Fsp3) is 0.864. The van der Waals surface area contributed by atoms with E-state index in [4.69, 9.17) is 6.58 Å². The molecule has 0 rings (SSSR count). The third-order valence-corrected chi connectivity index (χ3v) is 4.62. The van der Waals surface area contributed by atoms with Gasteiger partial charge in [0.25, 0.3) is 0 Å². The first kappa shape index (κ1) is 21.7. The van der Waals surface area contributed by atoms with Crippen molar-refractivity contribution in [1.82, 2.24) is 0 Å². The Balaban J connectivity index is 2.92. The molecule has 0 aliphatic rings. The van der Waals surface area contributed by atoms with Crippen molar-refractivity contribution in [3.63, 3.8) is 0 Å². The van der Waals surface area contributed by atoms with Gasteiger partial charge in [0.1, 0.15) is 0 Å². The van der Waals surface area contributed by atoms with E-state index in [0.717, 1.165) is 12.8 Å². The highest BCUT2D eigenvalue weighted by Gasteiger charge is 1.94. The van der Waals surface area contributed by atoms with Crippen LogP contribution in [0.25, 0.3) is 0 Å². The topological polar surface area (TPSA) is 0 Å². The van der Waals surface area contributed by atoms with E-state index in [1.807, 2.05) is 0 Å². The molecule has 0 aromatic carbocycles. The predicted molar refractivity (Wildman–Crippen MR) is 102 cm³/mol. The van der Waals surface area contributed by atoms with E-state index >= 15 is 0 Å². The lowest BCUT2D eigenvalue weighted by Crippen LogP contribution is -1.84. The highest BCUT2D eigenvalue weighted by molar-refractivity contribution is 4.61. The van der Waals surface area contributed by atoms with E-state index in [1.54, 1.807) is 6.08 Å². The molecular formula is C22H42. The summed E-state index contributed by atoms with van der Waals surface area (Å²) in [7, 11) is 0. The van der Waals surface area contributed by atoms with Crippen LogP contribution in [0.2, 0.25) is 0 Å². The van der Waals surface area contributed by atoms with Crippen LogP contribution in [0.15, 0.2) is 6.08 Å². The molecule has 0 nitrogen and oxygen atoms in total. The molecule has 130 valence electrons. The Hall–Kier alpha value is -0.260. The third kappa shape index (κ3) is 19.7. The van der Waals surface area contributed by atoms with Crippen molar-refractivity contribution in [2.45, 2.75) is 122 Å². The second-order valence-electron chi connectivity index (χ2n) is 6.89. The minimum absolute atomic E-state index is 1.09. The van der Waals surface area contributed by atoms with Gasteiger partial charge in [0, 0.05) is 0 Å². The van der Waals surface area contributed by atoms with Gasteiger partial charge in [0.15, 0.2) is 0 Å². The van der Waals surface area contributed by atoms with Crippen molar-refractivity contribution in [2.24, 2.45) is 0 Å². The van der Waals surface area contributed by atoms with Gasteiger partial charge in [-0.1, -0.05) is 129 Å². The lowest BCUT2D eigenvalue weighted by molar-refractivity contribution is 0.526. The molecule has 0 amide bonds. The van der Waals surface area contributed by atoms with Crippen LogP contribution < -0.4 is 0 Å². The van der Waals surface area contributed by atoms with Crippen LogP contribution in [0.1, 0.15) is 122 Å². The molecule has 0 heterocycles. The summed E-state index contributed by atoms with van der Waals surface area (Å²) in [6.45, 7) is 9.27. The van der Waals surface area contributed by atoms with Crippen molar-refractivity contribution in [3.8, 4) is 0 Å². The van der Waals surface area contributed by atoms with Gasteiger partial charge in [-0.3, -0.25) is 0 Å². The van der Waals surface area contributed by atoms with E-state index in [9.17, 15) is 0 Å². The van der Waals surface area contributed by atoms with Crippen LogP contribution in [-0.4, -0.2) is 0 Å². The fourth-order valence-corrected chi connectivity index (χ4v) is 3.09. The van der Waals surface area contributed by atoms with Crippen LogP contribution in [0.4, 0.5) is 0 Å². The Morgan fingerprint density at radius 3 is 1.00 bits per heavy atom. The number of hydrogen-bond acceptors (Lipinski definition) is 0. The summed E-state index contributed by atoms with van der Waals surface area (Å²) in [5.41, 5.74) is 0. The Kier molecular flexibility index (Phi) is 20.5. The average molecular weight is 307 g/mol. The number of allylic oxidation sites excluding steroid dienone is 1. The monoisotopic (exact) mass is 306 g/mol. The first-order chi connectivity index (χ1) is 10.9. The normalized spacial score (nSPS) is 11.0. The van der Waals surface area contributed by atoms with E-state index < -0.39 is 0 Å². The summed E-state index contributed by atoms with van der Waals surface area (Å²) in [5.74, 6) is 0. The Bertz CT molecular complexity index is 194. The summed E-state index contributed by atoms with van der Waals surface area (Å²) < 4.78 is 0. The van der Waals surface area contributed by atoms with Crippen molar-refractivity contribution in [3.05, 3.63) is 19.6 Å². The average Bonchev–Trinajstić information content (AvgIpc) is 2.54. The molecule has 0 fully saturated rings. The van der Waals surface area contributed by atoms with Gasteiger partial charge < -0.3 is 0 Å². The largest absolute Gasteiger partial charge is 0.0845 e. The van der Waals surface area contributed by atoms with E-state index in [0.29, 0.717) is 0 Å². The molecule has 0 aromatic heterocycles. The first-order valence-corrected chi connectivity index (χ1v) is 10.2. The highest BCUT2D eigenvalue weighted by Crippen LogP contribution is 2.14. The third-order valence-electron chi connectivity index (χ3n) is 4.62. The van der Waals surface area contributed by atoms with Gasteiger partial charge >= 0.3 is 0 Å². The summed E-state index contributed by atoms with van der Waals surface area (Å²) >= 11 is 0. The highest BCUT2D eigenvalue weighted by atomic mass is 14.0. The maximum absolute atomic E-state index is 5.37. The van der Waals surface area contributed by atoms with Gasteiger partial charge in [-0.15, -0.1) is 0 Å². The molecule has 0 spiro atoms. The van der Waals surface area contributed by atoms with Gasteiger partial charge in [0.05, 0.1) is 0 Å². The van der Waals surface area contributed by atoms with Gasteiger partial charge in [0.2, 0.25) is 0 Å². The molecule has 2 radical (unpaired) electrons. The molecular weight excluding hydrogens is 264 g/mol. The van der Waals surface area contributed by atoms with Crippen LogP contribution in [0.3, 0.4) is 0 Å². The molecule has 0 N–H and O–H groups in total. The number of rotatable bonds is 19. The number of hydrogen-bond donors (Lipinski definition) is 0. The molecule has 22 heavy (non-hydrogen) atoms. The number of unbranched alkanes of at least 4 members (excludes halogenated alkanes) is 18. The Labute approximate surface area is 142 Å². The molecule has 0 heteroatoms. The molecule has 0 unspecified atom stereocenters. The second kappa shape index (κ2) is 20.7. The molecule has 0 atom stereocenters. The molecule has 0 saturated carbocycles.